The summed E-state index contributed by atoms with van der Waals surface area (Å²) in [5.74, 6) is -1.05. The van der Waals surface area contributed by atoms with Crippen molar-refractivity contribution in [1.29, 1.82) is 0 Å². The average Bonchev–Trinajstić information content (AvgIpc) is 2.97. The number of benzene rings is 2. The highest BCUT2D eigenvalue weighted by molar-refractivity contribution is 7.90. The molecule has 2 aromatic carbocycles. The first-order chi connectivity index (χ1) is 13.6. The molecule has 152 valence electrons. The van der Waals surface area contributed by atoms with Gasteiger partial charge in [0.1, 0.15) is 6.54 Å². The van der Waals surface area contributed by atoms with Crippen molar-refractivity contribution in [2.24, 2.45) is 4.99 Å². The van der Waals surface area contributed by atoms with E-state index in [1.165, 1.54) is 42.7 Å². The van der Waals surface area contributed by atoms with Crippen LogP contribution in [0.1, 0.15) is 21.5 Å². The number of esters is 1. The number of aromatic nitrogens is 1. The Balaban J connectivity index is 2.17. The normalized spacial score (nSPS) is 12.3. The van der Waals surface area contributed by atoms with Crippen LogP contribution < -0.4 is 4.80 Å². The second-order valence-corrected chi connectivity index (χ2v) is 9.69. The summed E-state index contributed by atoms with van der Waals surface area (Å²) in [6, 6.07) is 9.66. The first kappa shape index (κ1) is 20.9. The molecule has 3 rings (SSSR count). The van der Waals surface area contributed by atoms with E-state index >= 15 is 0 Å². The molecule has 7 nitrogen and oxygen atoms in total. The highest BCUT2D eigenvalue weighted by atomic mass is 32.2. The fourth-order valence-electron chi connectivity index (χ4n) is 2.76. The van der Waals surface area contributed by atoms with Gasteiger partial charge in [-0.05, 0) is 55.3 Å². The number of hydrogen-bond acceptors (Lipinski definition) is 6. The lowest BCUT2D eigenvalue weighted by molar-refractivity contribution is -0.141. The number of aryl methyl sites for hydroxylation is 2. The SMILES string of the molecule is COC(=O)Cn1c(=NC(=O)c2cccc(S(C)(=O)=O)c2)sc2cc(C)c(C)cc21. The number of amides is 1. The Morgan fingerprint density at radius 3 is 2.48 bits per heavy atom. The van der Waals surface area contributed by atoms with Crippen molar-refractivity contribution in [3.8, 4) is 0 Å². The topological polar surface area (TPSA) is 94.8 Å². The summed E-state index contributed by atoms with van der Waals surface area (Å²) in [7, 11) is -2.15. The molecule has 0 spiro atoms. The quantitative estimate of drug-likeness (QED) is 0.591. The molecule has 1 amide bonds. The Kier molecular flexibility index (Phi) is 5.72. The third-order valence-electron chi connectivity index (χ3n) is 4.52. The largest absolute Gasteiger partial charge is 0.468 e. The molecular weight excluding hydrogens is 412 g/mol. The van der Waals surface area contributed by atoms with Crippen LogP contribution in [-0.2, 0) is 25.9 Å². The Morgan fingerprint density at radius 2 is 1.83 bits per heavy atom. The molecule has 0 saturated carbocycles. The average molecular weight is 433 g/mol. The Labute approximate surface area is 172 Å². The van der Waals surface area contributed by atoms with Gasteiger partial charge in [0.15, 0.2) is 14.6 Å². The molecule has 0 radical (unpaired) electrons. The van der Waals surface area contributed by atoms with Crippen LogP contribution in [0.15, 0.2) is 46.3 Å². The molecule has 1 aromatic heterocycles. The van der Waals surface area contributed by atoms with Crippen LogP contribution in [-0.4, -0.2) is 38.2 Å². The van der Waals surface area contributed by atoms with Crippen molar-refractivity contribution in [2.75, 3.05) is 13.4 Å². The maximum Gasteiger partial charge on any atom is 0.325 e. The van der Waals surface area contributed by atoms with Gasteiger partial charge in [0.05, 0.1) is 22.2 Å². The lowest BCUT2D eigenvalue weighted by Gasteiger charge is -2.05. The van der Waals surface area contributed by atoms with E-state index in [4.69, 9.17) is 4.74 Å². The fraction of sp³-hybridized carbons (Fsp3) is 0.250. The van der Waals surface area contributed by atoms with Crippen LogP contribution >= 0.6 is 11.3 Å². The van der Waals surface area contributed by atoms with E-state index in [0.29, 0.717) is 4.80 Å². The van der Waals surface area contributed by atoms with E-state index in [0.717, 1.165) is 27.6 Å². The predicted octanol–water partition coefficient (Wildman–Crippen LogP) is 2.64. The lowest BCUT2D eigenvalue weighted by Crippen LogP contribution is -2.22. The molecular formula is C20H20N2O5S2. The van der Waals surface area contributed by atoms with Gasteiger partial charge in [-0.1, -0.05) is 17.4 Å². The maximum atomic E-state index is 12.7. The first-order valence-corrected chi connectivity index (χ1v) is 11.4. The van der Waals surface area contributed by atoms with Gasteiger partial charge in [0.25, 0.3) is 5.91 Å². The summed E-state index contributed by atoms with van der Waals surface area (Å²) in [4.78, 5) is 29.2. The number of fused-ring (bicyclic) bond motifs is 1. The van der Waals surface area contributed by atoms with Crippen molar-refractivity contribution in [2.45, 2.75) is 25.3 Å². The molecule has 0 unspecified atom stereocenters. The monoisotopic (exact) mass is 432 g/mol. The van der Waals surface area contributed by atoms with Gasteiger partial charge >= 0.3 is 5.97 Å². The van der Waals surface area contributed by atoms with E-state index in [-0.39, 0.29) is 17.0 Å². The van der Waals surface area contributed by atoms with Crippen LogP contribution in [0.5, 0.6) is 0 Å². The van der Waals surface area contributed by atoms with Gasteiger partial charge in [-0.25, -0.2) is 8.42 Å². The minimum atomic E-state index is -3.45. The molecule has 29 heavy (non-hydrogen) atoms. The second-order valence-electron chi connectivity index (χ2n) is 6.67. The summed E-state index contributed by atoms with van der Waals surface area (Å²) in [6.07, 6.45) is 1.08. The van der Waals surface area contributed by atoms with E-state index in [2.05, 4.69) is 4.99 Å². The summed E-state index contributed by atoms with van der Waals surface area (Å²) in [6.45, 7) is 3.86. The molecule has 9 heteroatoms. The van der Waals surface area contributed by atoms with Crippen molar-refractivity contribution >= 4 is 43.3 Å². The summed E-state index contributed by atoms with van der Waals surface area (Å²) in [5.41, 5.74) is 3.07. The zero-order valence-corrected chi connectivity index (χ0v) is 18.1. The van der Waals surface area contributed by atoms with Crippen LogP contribution in [0.2, 0.25) is 0 Å². The molecule has 0 fully saturated rings. The minimum Gasteiger partial charge on any atom is -0.468 e. The number of hydrogen-bond donors (Lipinski definition) is 0. The molecule has 0 N–H and O–H groups in total. The molecule has 0 aliphatic rings. The van der Waals surface area contributed by atoms with Gasteiger partial charge in [-0.3, -0.25) is 9.59 Å². The van der Waals surface area contributed by atoms with Crippen LogP contribution in [0, 0.1) is 13.8 Å². The molecule has 3 aromatic rings. The summed E-state index contributed by atoms with van der Waals surface area (Å²) >= 11 is 1.28. The zero-order chi connectivity index (χ0) is 21.3. The van der Waals surface area contributed by atoms with Gasteiger partial charge in [0.2, 0.25) is 0 Å². The van der Waals surface area contributed by atoms with Crippen LogP contribution in [0.3, 0.4) is 0 Å². The number of carbonyl (C=O) groups is 2. The third kappa shape index (κ3) is 4.46. The van der Waals surface area contributed by atoms with Crippen LogP contribution in [0.4, 0.5) is 0 Å². The number of carbonyl (C=O) groups excluding carboxylic acids is 2. The van der Waals surface area contributed by atoms with Crippen molar-refractivity contribution in [3.05, 3.63) is 57.9 Å². The standard InChI is InChI=1S/C20H20N2O5S2/c1-12-8-16-17(9-13(12)2)28-20(22(16)11-18(23)27-3)21-19(24)14-6-5-7-15(10-14)29(4,25)26/h5-10H,11H2,1-4H3. The maximum absolute atomic E-state index is 12.7. The highest BCUT2D eigenvalue weighted by Gasteiger charge is 2.15. The second kappa shape index (κ2) is 7.92. The van der Waals surface area contributed by atoms with Gasteiger partial charge in [0, 0.05) is 11.8 Å². The fourth-order valence-corrected chi connectivity index (χ4v) is 4.54. The molecule has 0 bridgehead atoms. The molecule has 0 aliphatic heterocycles. The number of ether oxygens (including phenoxy) is 1. The van der Waals surface area contributed by atoms with Gasteiger partial charge in [-0.15, -0.1) is 0 Å². The van der Waals surface area contributed by atoms with Crippen LogP contribution in [0.25, 0.3) is 10.2 Å². The van der Waals surface area contributed by atoms with E-state index < -0.39 is 21.7 Å². The number of nitrogens with zero attached hydrogens (tertiary/aromatic N) is 2. The third-order valence-corrected chi connectivity index (χ3v) is 6.67. The minimum absolute atomic E-state index is 0.0450. The van der Waals surface area contributed by atoms with E-state index in [1.54, 1.807) is 4.57 Å². The summed E-state index contributed by atoms with van der Waals surface area (Å²) < 4.78 is 30.8. The highest BCUT2D eigenvalue weighted by Crippen LogP contribution is 2.22. The smallest absolute Gasteiger partial charge is 0.325 e. The van der Waals surface area contributed by atoms with Gasteiger partial charge < -0.3 is 9.30 Å². The first-order valence-electron chi connectivity index (χ1n) is 8.66. The zero-order valence-electron chi connectivity index (χ0n) is 16.4. The van der Waals surface area contributed by atoms with Crippen molar-refractivity contribution in [1.82, 2.24) is 4.57 Å². The molecule has 1 heterocycles. The Morgan fingerprint density at radius 1 is 1.14 bits per heavy atom. The molecule has 0 aliphatic carbocycles. The van der Waals surface area contributed by atoms with Crippen molar-refractivity contribution < 1.29 is 22.7 Å². The van der Waals surface area contributed by atoms with E-state index in [9.17, 15) is 18.0 Å². The Hall–Kier alpha value is -2.78. The molecule has 0 saturated heterocycles. The van der Waals surface area contributed by atoms with Gasteiger partial charge in [-0.2, -0.15) is 4.99 Å². The number of thiazole rings is 1. The number of sulfone groups is 1. The lowest BCUT2D eigenvalue weighted by atomic mass is 10.1. The molecule has 0 atom stereocenters. The number of rotatable bonds is 4. The Bertz CT molecular complexity index is 1300. The predicted molar refractivity (Wildman–Crippen MR) is 111 cm³/mol. The number of methoxy groups -OCH3 is 1. The van der Waals surface area contributed by atoms with Crippen molar-refractivity contribution in [3.63, 3.8) is 0 Å². The van der Waals surface area contributed by atoms with E-state index in [1.807, 2.05) is 26.0 Å². The summed E-state index contributed by atoms with van der Waals surface area (Å²) in [5, 5.41) is 0.